The zero-order chi connectivity index (χ0) is 20.6. The summed E-state index contributed by atoms with van der Waals surface area (Å²) in [5.41, 5.74) is 2.74. The molecule has 2 rings (SSSR count). The number of hydrogen-bond donors (Lipinski definition) is 2. The van der Waals surface area contributed by atoms with Crippen molar-refractivity contribution in [1.29, 1.82) is 10.8 Å². The van der Waals surface area contributed by atoms with Crippen molar-refractivity contribution in [3.63, 3.8) is 0 Å². The van der Waals surface area contributed by atoms with Gasteiger partial charge in [-0.15, -0.1) is 0 Å². The number of benzene rings is 2. The molecule has 0 saturated heterocycles. The van der Waals surface area contributed by atoms with Gasteiger partial charge < -0.3 is 0 Å². The molecule has 0 amide bonds. The molecular formula is C19H18N4O4. The van der Waals surface area contributed by atoms with Crippen LogP contribution in [0.2, 0.25) is 0 Å². The summed E-state index contributed by atoms with van der Waals surface area (Å²) in [5, 5.41) is 10.8. The molecule has 2 aromatic rings. The lowest BCUT2D eigenvalue weighted by Crippen LogP contribution is -1.85. The first kappa shape index (κ1) is 25.2. The molecule has 0 aliphatic rings. The number of nitrogens with one attached hydrogen (secondary N) is 2. The van der Waals surface area contributed by atoms with Gasteiger partial charge in [0.2, 0.25) is 24.3 Å². The molecule has 0 heterocycles. The molecule has 8 heteroatoms. The van der Waals surface area contributed by atoms with Crippen molar-refractivity contribution in [2.24, 2.45) is 9.98 Å². The topological polar surface area (TPSA) is 141 Å². The van der Waals surface area contributed by atoms with Crippen molar-refractivity contribution in [1.82, 2.24) is 0 Å². The molecule has 0 radical (unpaired) electrons. The predicted octanol–water partition coefficient (Wildman–Crippen LogP) is 2.74. The average Bonchev–Trinajstić information content (AvgIpc) is 2.69. The largest absolute Gasteiger partial charge is 0.235 e. The second kappa shape index (κ2) is 22.0. The highest BCUT2D eigenvalue weighted by Crippen LogP contribution is 2.07. The number of nitrogens with zero attached hydrogens (tertiary/aromatic N) is 2. The molecule has 0 atom stereocenters. The van der Waals surface area contributed by atoms with Crippen LogP contribution in [0, 0.1) is 10.8 Å². The third kappa shape index (κ3) is 19.9. The molecule has 0 saturated carbocycles. The zero-order valence-corrected chi connectivity index (χ0v) is 14.4. The van der Waals surface area contributed by atoms with Gasteiger partial charge in [-0.05, 0) is 17.5 Å². The molecule has 0 spiro atoms. The Morgan fingerprint density at radius 1 is 0.630 bits per heavy atom. The van der Waals surface area contributed by atoms with Crippen LogP contribution in [0.3, 0.4) is 0 Å². The minimum absolute atomic E-state index is 0.221. The van der Waals surface area contributed by atoms with Crippen LogP contribution in [0.25, 0.3) is 0 Å². The van der Waals surface area contributed by atoms with Crippen LogP contribution >= 0.6 is 0 Å². The zero-order valence-electron chi connectivity index (χ0n) is 14.4. The quantitative estimate of drug-likeness (QED) is 0.477. The molecule has 0 aromatic heterocycles. The first-order valence-electron chi connectivity index (χ1n) is 7.42. The Balaban J connectivity index is 0. The summed E-state index contributed by atoms with van der Waals surface area (Å²) in [6, 6.07) is 21.1. The van der Waals surface area contributed by atoms with E-state index < -0.39 is 0 Å². The van der Waals surface area contributed by atoms with Crippen molar-refractivity contribution in [2.45, 2.75) is 6.42 Å². The van der Waals surface area contributed by atoms with Crippen molar-refractivity contribution < 1.29 is 19.2 Å². The van der Waals surface area contributed by atoms with Gasteiger partial charge in [0.05, 0.1) is 13.1 Å². The van der Waals surface area contributed by atoms with E-state index in [-0.39, 0.29) is 13.1 Å². The molecule has 2 aromatic carbocycles. The third-order valence-corrected chi connectivity index (χ3v) is 2.55. The monoisotopic (exact) mass is 366 g/mol. The Morgan fingerprint density at radius 2 is 0.926 bits per heavy atom. The lowest BCUT2D eigenvalue weighted by atomic mass is 10.1. The normalized spacial score (nSPS) is 7.26. The van der Waals surface area contributed by atoms with Gasteiger partial charge in [0.15, 0.2) is 0 Å². The number of rotatable bonds is 5. The Hall–Kier alpha value is -4.04. The fourth-order valence-electron chi connectivity index (χ4n) is 1.62. The van der Waals surface area contributed by atoms with E-state index in [1.165, 1.54) is 23.3 Å². The molecule has 27 heavy (non-hydrogen) atoms. The van der Waals surface area contributed by atoms with E-state index >= 15 is 0 Å². The van der Waals surface area contributed by atoms with Crippen LogP contribution in [-0.4, -0.2) is 37.4 Å². The Morgan fingerprint density at radius 3 is 1.19 bits per heavy atom. The third-order valence-electron chi connectivity index (χ3n) is 2.55. The van der Waals surface area contributed by atoms with Crippen molar-refractivity contribution in [3.05, 3.63) is 71.8 Å². The number of carbonyl (C=O) groups excluding carboxylic acids is 4. The van der Waals surface area contributed by atoms with Crippen molar-refractivity contribution >= 4 is 24.3 Å². The smallest absolute Gasteiger partial charge is 0.222 e. The Kier molecular flexibility index (Phi) is 20.5. The summed E-state index contributed by atoms with van der Waals surface area (Å²) in [4.78, 5) is 41.6. The molecular weight excluding hydrogens is 348 g/mol. The first-order chi connectivity index (χ1) is 13.2. The molecule has 0 bridgehead atoms. The summed E-state index contributed by atoms with van der Waals surface area (Å²) in [5.74, 6) is 0. The highest BCUT2D eigenvalue weighted by Gasteiger charge is 1.92. The molecule has 0 aliphatic heterocycles. The number of aliphatic imine (C=N–C) groups is 2. The Bertz CT molecular complexity index is 702. The van der Waals surface area contributed by atoms with Crippen LogP contribution in [-0.2, 0) is 25.6 Å². The summed E-state index contributed by atoms with van der Waals surface area (Å²) >= 11 is 0. The van der Waals surface area contributed by atoms with E-state index in [1.807, 2.05) is 0 Å². The van der Waals surface area contributed by atoms with Crippen LogP contribution in [0.1, 0.15) is 11.1 Å². The van der Waals surface area contributed by atoms with Gasteiger partial charge in [0.1, 0.15) is 0 Å². The van der Waals surface area contributed by atoms with Gasteiger partial charge in [0.25, 0.3) is 0 Å². The first-order valence-corrected chi connectivity index (χ1v) is 7.42. The van der Waals surface area contributed by atoms with Gasteiger partial charge >= 0.3 is 0 Å². The lowest BCUT2D eigenvalue weighted by molar-refractivity contribution is 0.560. The van der Waals surface area contributed by atoms with Gasteiger partial charge in [-0.1, -0.05) is 60.7 Å². The SMILES string of the molecule is N=C=O.N=C=O.O=C=NCCN=C=O.c1ccc(Cc2ccccc2)cc1. The van der Waals surface area contributed by atoms with Gasteiger partial charge in [-0.2, -0.15) is 0 Å². The van der Waals surface area contributed by atoms with E-state index in [2.05, 4.69) is 70.6 Å². The molecule has 138 valence electrons. The fourth-order valence-corrected chi connectivity index (χ4v) is 1.62. The molecule has 0 aliphatic carbocycles. The minimum Gasteiger partial charge on any atom is -0.222 e. The van der Waals surface area contributed by atoms with Gasteiger partial charge in [0, 0.05) is 0 Å². The predicted molar refractivity (Wildman–Crippen MR) is 98.5 cm³/mol. The lowest BCUT2D eigenvalue weighted by Gasteiger charge is -2.00. The van der Waals surface area contributed by atoms with E-state index in [1.54, 1.807) is 0 Å². The maximum Gasteiger partial charge on any atom is 0.235 e. The maximum atomic E-state index is 9.34. The van der Waals surface area contributed by atoms with Crippen molar-refractivity contribution in [3.8, 4) is 0 Å². The second-order valence-corrected chi connectivity index (χ2v) is 4.30. The summed E-state index contributed by atoms with van der Waals surface area (Å²) < 4.78 is 0. The standard InChI is InChI=1S/C13H12.C4H4N2O2.2CHNO/c1-3-7-12(8-4-1)11-13-9-5-2-6-10-13;7-3-5-1-2-6-4-8;2*2-1-3/h1-10H,11H2;1-2H2;2*2H. The molecule has 2 N–H and O–H groups in total. The van der Waals surface area contributed by atoms with Crippen LogP contribution in [0.15, 0.2) is 70.6 Å². The highest BCUT2D eigenvalue weighted by molar-refractivity contribution is 5.34. The van der Waals surface area contributed by atoms with Crippen LogP contribution in [0.4, 0.5) is 0 Å². The van der Waals surface area contributed by atoms with Gasteiger partial charge in [-0.3, -0.25) is 0 Å². The molecule has 0 fully saturated rings. The number of hydrogen-bond acceptors (Lipinski definition) is 8. The second-order valence-electron chi connectivity index (χ2n) is 4.30. The number of isocyanates is 4. The van der Waals surface area contributed by atoms with Gasteiger partial charge in [-0.25, -0.2) is 40.0 Å². The molecule has 0 unspecified atom stereocenters. The minimum atomic E-state index is 0.221. The van der Waals surface area contributed by atoms with E-state index in [4.69, 9.17) is 20.4 Å². The summed E-state index contributed by atoms with van der Waals surface area (Å²) in [6.07, 6.45) is 5.15. The molecule has 8 nitrogen and oxygen atoms in total. The van der Waals surface area contributed by atoms with Crippen LogP contribution in [0.5, 0.6) is 0 Å². The van der Waals surface area contributed by atoms with Crippen LogP contribution < -0.4 is 0 Å². The summed E-state index contributed by atoms with van der Waals surface area (Å²) in [6.45, 7) is 0.442. The van der Waals surface area contributed by atoms with E-state index in [0.717, 1.165) is 18.6 Å². The fraction of sp³-hybridized carbons (Fsp3) is 0.158. The summed E-state index contributed by atoms with van der Waals surface area (Å²) in [7, 11) is 0. The van der Waals surface area contributed by atoms with E-state index in [9.17, 15) is 9.59 Å². The Labute approximate surface area is 156 Å². The highest BCUT2D eigenvalue weighted by atomic mass is 16.1. The average molecular weight is 366 g/mol. The van der Waals surface area contributed by atoms with E-state index in [0.29, 0.717) is 0 Å². The maximum absolute atomic E-state index is 9.34. The van der Waals surface area contributed by atoms with Crippen molar-refractivity contribution in [2.75, 3.05) is 13.1 Å².